The first-order chi connectivity index (χ1) is 10.6. The Morgan fingerprint density at radius 2 is 1.86 bits per heavy atom. The Morgan fingerprint density at radius 3 is 2.64 bits per heavy atom. The molecule has 0 radical (unpaired) electrons. The zero-order valence-corrected chi connectivity index (χ0v) is 11.0. The Kier molecular flexibility index (Phi) is 2.56. The fourth-order valence-corrected chi connectivity index (χ4v) is 2.47. The van der Waals surface area contributed by atoms with Gasteiger partial charge in [0.1, 0.15) is 5.82 Å². The first kappa shape index (κ1) is 12.6. The molecule has 0 aliphatic rings. The minimum Gasteiger partial charge on any atom is -0.305 e. The minimum absolute atomic E-state index is 0.261. The van der Waals surface area contributed by atoms with E-state index in [1.165, 1.54) is 24.5 Å². The third-order valence-corrected chi connectivity index (χ3v) is 3.48. The van der Waals surface area contributed by atoms with Crippen LogP contribution in [0.1, 0.15) is 0 Å². The maximum atomic E-state index is 14.3. The highest BCUT2D eigenvalue weighted by Gasteiger charge is 2.12. The van der Waals surface area contributed by atoms with Gasteiger partial charge in [-0.1, -0.05) is 0 Å². The number of halogens is 2. The van der Waals surface area contributed by atoms with Crippen LogP contribution in [0.3, 0.4) is 0 Å². The van der Waals surface area contributed by atoms with E-state index in [2.05, 4.69) is 19.9 Å². The van der Waals surface area contributed by atoms with Crippen LogP contribution in [0.5, 0.6) is 0 Å². The molecular formula is C15H8F2N4O. The monoisotopic (exact) mass is 298 g/mol. The predicted molar refractivity (Wildman–Crippen MR) is 77.4 cm³/mol. The summed E-state index contributed by atoms with van der Waals surface area (Å²) in [6.07, 6.45) is 2.72. The Balaban J connectivity index is 2.06. The topological polar surface area (TPSA) is 74.4 Å². The minimum atomic E-state index is -0.635. The van der Waals surface area contributed by atoms with Crippen LogP contribution >= 0.6 is 0 Å². The number of aromatic nitrogens is 4. The largest absolute Gasteiger partial charge is 0.323 e. The average Bonchev–Trinajstić information content (AvgIpc) is 2.88. The fraction of sp³-hybridized carbons (Fsp3) is 0. The molecule has 22 heavy (non-hydrogen) atoms. The third kappa shape index (κ3) is 1.86. The van der Waals surface area contributed by atoms with Crippen LogP contribution in [0.2, 0.25) is 0 Å². The van der Waals surface area contributed by atoms with Gasteiger partial charge in [-0.2, -0.15) is 4.39 Å². The van der Waals surface area contributed by atoms with Crippen molar-refractivity contribution in [1.82, 2.24) is 19.9 Å². The molecule has 0 spiro atoms. The number of benzene rings is 1. The van der Waals surface area contributed by atoms with E-state index in [1.807, 2.05) is 0 Å². The van der Waals surface area contributed by atoms with Gasteiger partial charge in [0.05, 0.1) is 22.7 Å². The van der Waals surface area contributed by atoms with Crippen molar-refractivity contribution < 1.29 is 8.78 Å². The summed E-state index contributed by atoms with van der Waals surface area (Å²) in [6.45, 7) is 0. The van der Waals surface area contributed by atoms with Crippen LogP contribution < -0.4 is 5.69 Å². The molecule has 0 aliphatic carbocycles. The summed E-state index contributed by atoms with van der Waals surface area (Å²) < 4.78 is 27.2. The summed E-state index contributed by atoms with van der Waals surface area (Å²) in [7, 11) is 0. The van der Waals surface area contributed by atoms with Crippen molar-refractivity contribution in [2.75, 3.05) is 0 Å². The standard InChI is InChI=1S/C15H8F2N4O/c16-10-4-11-9(14-12(6-18-11)20-15(22)21-14)3-8(10)7-1-2-13(17)19-5-7/h1-6H,(H2,20,21,22). The van der Waals surface area contributed by atoms with Gasteiger partial charge in [-0.3, -0.25) is 4.98 Å². The second-order valence-corrected chi connectivity index (χ2v) is 4.84. The maximum Gasteiger partial charge on any atom is 0.323 e. The second kappa shape index (κ2) is 4.45. The lowest BCUT2D eigenvalue weighted by atomic mass is 10.0. The summed E-state index contributed by atoms with van der Waals surface area (Å²) in [6, 6.07) is 5.45. The molecule has 0 atom stereocenters. The molecule has 3 aromatic heterocycles. The van der Waals surface area contributed by atoms with Gasteiger partial charge in [-0.05, 0) is 18.2 Å². The number of imidazole rings is 1. The molecule has 2 N–H and O–H groups in total. The van der Waals surface area contributed by atoms with Crippen LogP contribution in [0.25, 0.3) is 33.1 Å². The van der Waals surface area contributed by atoms with Crippen LogP contribution in [-0.2, 0) is 0 Å². The fourth-order valence-electron chi connectivity index (χ4n) is 2.47. The van der Waals surface area contributed by atoms with Crippen LogP contribution in [0, 0.1) is 11.8 Å². The SMILES string of the molecule is O=c1[nH]c2cnc3cc(F)c(-c4ccc(F)nc4)cc3c2[nH]1. The Hall–Kier alpha value is -3.09. The number of hydrogen-bond acceptors (Lipinski definition) is 3. The molecule has 0 saturated heterocycles. The first-order valence-electron chi connectivity index (χ1n) is 6.44. The zero-order chi connectivity index (χ0) is 15.3. The van der Waals surface area contributed by atoms with Crippen molar-refractivity contribution in [1.29, 1.82) is 0 Å². The van der Waals surface area contributed by atoms with Gasteiger partial charge in [0, 0.05) is 28.8 Å². The molecular weight excluding hydrogens is 290 g/mol. The van der Waals surface area contributed by atoms with Gasteiger partial charge in [-0.15, -0.1) is 0 Å². The summed E-state index contributed by atoms with van der Waals surface area (Å²) in [5, 5.41) is 0.594. The lowest BCUT2D eigenvalue weighted by Crippen LogP contribution is -1.99. The smallest absolute Gasteiger partial charge is 0.305 e. The number of hydrogen-bond donors (Lipinski definition) is 2. The normalized spacial score (nSPS) is 11.4. The highest BCUT2D eigenvalue weighted by Crippen LogP contribution is 2.29. The van der Waals surface area contributed by atoms with E-state index in [4.69, 9.17) is 0 Å². The first-order valence-corrected chi connectivity index (χ1v) is 6.44. The molecule has 3 heterocycles. The quantitative estimate of drug-likeness (QED) is 0.531. The van der Waals surface area contributed by atoms with E-state index in [1.54, 1.807) is 6.07 Å². The van der Waals surface area contributed by atoms with Crippen LogP contribution in [0.4, 0.5) is 8.78 Å². The zero-order valence-electron chi connectivity index (χ0n) is 11.0. The predicted octanol–water partition coefficient (Wildman–Crippen LogP) is 2.74. The van der Waals surface area contributed by atoms with Crippen LogP contribution in [0.15, 0.2) is 41.5 Å². The van der Waals surface area contributed by atoms with Crippen molar-refractivity contribution in [3.63, 3.8) is 0 Å². The Bertz CT molecular complexity index is 1070. The van der Waals surface area contributed by atoms with E-state index in [-0.39, 0.29) is 11.3 Å². The number of nitrogens with zero attached hydrogens (tertiary/aromatic N) is 2. The molecule has 4 aromatic rings. The number of fused-ring (bicyclic) bond motifs is 3. The van der Waals surface area contributed by atoms with Gasteiger partial charge in [0.25, 0.3) is 0 Å². The van der Waals surface area contributed by atoms with Crippen LogP contribution in [-0.4, -0.2) is 19.9 Å². The number of H-pyrrole nitrogens is 2. The third-order valence-electron chi connectivity index (χ3n) is 3.48. The summed E-state index contributed by atoms with van der Waals surface area (Å²) >= 11 is 0. The van der Waals surface area contributed by atoms with Gasteiger partial charge >= 0.3 is 5.69 Å². The summed E-state index contributed by atoms with van der Waals surface area (Å²) in [5.41, 5.74) is 1.84. The van der Waals surface area contributed by atoms with Crippen molar-refractivity contribution in [3.05, 3.63) is 58.9 Å². The Labute approximate surface area is 121 Å². The molecule has 0 saturated carbocycles. The lowest BCUT2D eigenvalue weighted by Gasteiger charge is -2.06. The number of pyridine rings is 2. The van der Waals surface area contributed by atoms with E-state index in [0.29, 0.717) is 27.5 Å². The molecule has 5 nitrogen and oxygen atoms in total. The average molecular weight is 298 g/mol. The van der Waals surface area contributed by atoms with Gasteiger partial charge in [0.2, 0.25) is 5.95 Å². The molecule has 0 fully saturated rings. The molecule has 1 aromatic carbocycles. The second-order valence-electron chi connectivity index (χ2n) is 4.84. The van der Waals surface area contributed by atoms with Crippen molar-refractivity contribution in [3.8, 4) is 11.1 Å². The molecule has 0 amide bonds. The molecule has 0 aliphatic heterocycles. The number of rotatable bonds is 1. The van der Waals surface area contributed by atoms with Gasteiger partial charge < -0.3 is 9.97 Å². The van der Waals surface area contributed by atoms with E-state index in [9.17, 15) is 13.6 Å². The molecule has 108 valence electrons. The van der Waals surface area contributed by atoms with E-state index < -0.39 is 11.8 Å². The van der Waals surface area contributed by atoms with Crippen molar-refractivity contribution in [2.24, 2.45) is 0 Å². The maximum absolute atomic E-state index is 14.3. The molecule has 7 heteroatoms. The summed E-state index contributed by atoms with van der Waals surface area (Å²) in [4.78, 5) is 24.3. The molecule has 0 bridgehead atoms. The Morgan fingerprint density at radius 1 is 1.00 bits per heavy atom. The van der Waals surface area contributed by atoms with Crippen molar-refractivity contribution >= 4 is 21.9 Å². The van der Waals surface area contributed by atoms with Crippen molar-refractivity contribution in [2.45, 2.75) is 0 Å². The van der Waals surface area contributed by atoms with E-state index in [0.717, 1.165) is 6.07 Å². The molecule has 0 unspecified atom stereocenters. The number of nitrogens with one attached hydrogen (secondary N) is 2. The van der Waals surface area contributed by atoms with Gasteiger partial charge in [0.15, 0.2) is 0 Å². The van der Waals surface area contributed by atoms with E-state index >= 15 is 0 Å². The number of aromatic amines is 2. The highest BCUT2D eigenvalue weighted by atomic mass is 19.1. The van der Waals surface area contributed by atoms with Gasteiger partial charge in [-0.25, -0.2) is 14.2 Å². The lowest BCUT2D eigenvalue weighted by molar-refractivity contribution is 0.583. The summed E-state index contributed by atoms with van der Waals surface area (Å²) in [5.74, 6) is -1.13. The molecule has 4 rings (SSSR count). The highest BCUT2D eigenvalue weighted by molar-refractivity contribution is 6.03.